The molecule has 3 N–H and O–H groups in total. The number of hydrogen-bond donors (Lipinski definition) is 3. The minimum atomic E-state index is -1.23. The van der Waals surface area contributed by atoms with Gasteiger partial charge in [0.2, 0.25) is 0 Å². The Morgan fingerprint density at radius 3 is 2.32 bits per heavy atom. The van der Waals surface area contributed by atoms with Crippen LogP contribution in [-0.2, 0) is 13.0 Å². The number of rotatable bonds is 9. The maximum absolute atomic E-state index is 13.4. The van der Waals surface area contributed by atoms with Crippen molar-refractivity contribution in [3.8, 4) is 11.5 Å². The van der Waals surface area contributed by atoms with Crippen molar-refractivity contribution in [1.29, 1.82) is 0 Å². The molecule has 0 radical (unpaired) electrons. The lowest BCUT2D eigenvalue weighted by Crippen LogP contribution is -2.66. The Hall–Kier alpha value is -2.93. The summed E-state index contributed by atoms with van der Waals surface area (Å²) in [7, 11) is 0. The van der Waals surface area contributed by atoms with Crippen LogP contribution in [0.5, 0.6) is 11.5 Å². The van der Waals surface area contributed by atoms with Gasteiger partial charge in [-0.1, -0.05) is 49.4 Å². The fraction of sp³-hybridized carbons (Fsp3) is 0.357. The summed E-state index contributed by atoms with van der Waals surface area (Å²) in [6.45, 7) is 2.91. The van der Waals surface area contributed by atoms with Crippen LogP contribution in [0.15, 0.2) is 78.9 Å². The predicted octanol–water partition coefficient (Wildman–Crippen LogP) is 4.26. The summed E-state index contributed by atoms with van der Waals surface area (Å²) < 4.78 is 25.6. The average Bonchev–Trinajstić information content (AvgIpc) is 2.86. The zero-order valence-corrected chi connectivity index (χ0v) is 19.4. The summed E-state index contributed by atoms with van der Waals surface area (Å²) in [5.74, 6) is 0.971. The van der Waals surface area contributed by atoms with Crippen LogP contribution in [0, 0.1) is 5.82 Å². The van der Waals surface area contributed by atoms with E-state index in [1.165, 1.54) is 12.1 Å². The van der Waals surface area contributed by atoms with Crippen molar-refractivity contribution >= 4 is 0 Å². The first-order valence-electron chi connectivity index (χ1n) is 11.8. The van der Waals surface area contributed by atoms with Crippen molar-refractivity contribution < 1.29 is 24.1 Å². The standard InChI is InChI=1S/C28H32FNO4/c1-2-25(31)26-27(28(32,16-17-30-26)18-20-8-10-22(29)11-9-20)34-24-14-12-23(13-15-24)33-19-21-6-4-3-5-7-21/h3-15,25-27,30-32H,2,16-19H2,1H3. The smallest absolute Gasteiger partial charge is 0.145 e. The molecule has 1 heterocycles. The predicted molar refractivity (Wildman–Crippen MR) is 129 cm³/mol. The van der Waals surface area contributed by atoms with Crippen LogP contribution in [0.3, 0.4) is 0 Å². The molecule has 1 fully saturated rings. The maximum atomic E-state index is 13.4. The molecule has 0 bridgehead atoms. The number of aliphatic hydroxyl groups excluding tert-OH is 1. The third-order valence-corrected chi connectivity index (χ3v) is 6.39. The molecule has 4 rings (SSSR count). The van der Waals surface area contributed by atoms with E-state index in [1.54, 1.807) is 12.1 Å². The summed E-state index contributed by atoms with van der Waals surface area (Å²) in [5, 5.41) is 25.7. The molecule has 0 aliphatic carbocycles. The number of nitrogens with one attached hydrogen (secondary N) is 1. The number of hydrogen-bond acceptors (Lipinski definition) is 5. The van der Waals surface area contributed by atoms with Gasteiger partial charge in [0.25, 0.3) is 0 Å². The second-order valence-electron chi connectivity index (χ2n) is 8.90. The molecule has 180 valence electrons. The van der Waals surface area contributed by atoms with Crippen molar-refractivity contribution in [3.63, 3.8) is 0 Å². The second-order valence-corrected chi connectivity index (χ2v) is 8.90. The van der Waals surface area contributed by atoms with Gasteiger partial charge in [0, 0.05) is 6.42 Å². The van der Waals surface area contributed by atoms with Gasteiger partial charge in [-0.05, 0) is 66.9 Å². The van der Waals surface area contributed by atoms with E-state index in [2.05, 4.69) is 5.32 Å². The summed E-state index contributed by atoms with van der Waals surface area (Å²) in [4.78, 5) is 0. The monoisotopic (exact) mass is 465 g/mol. The van der Waals surface area contributed by atoms with Gasteiger partial charge in [-0.2, -0.15) is 0 Å². The first-order valence-corrected chi connectivity index (χ1v) is 11.8. The summed E-state index contributed by atoms with van der Waals surface area (Å²) >= 11 is 0. The van der Waals surface area contributed by atoms with Crippen LogP contribution in [0.25, 0.3) is 0 Å². The van der Waals surface area contributed by atoms with Crippen LogP contribution in [-0.4, -0.2) is 40.6 Å². The third kappa shape index (κ3) is 5.95. The molecule has 3 aromatic rings. The Morgan fingerprint density at radius 2 is 1.65 bits per heavy atom. The van der Waals surface area contributed by atoms with E-state index < -0.39 is 23.9 Å². The van der Waals surface area contributed by atoms with E-state index in [1.807, 2.05) is 61.5 Å². The van der Waals surface area contributed by atoms with Crippen molar-refractivity contribution in [2.45, 2.75) is 56.6 Å². The summed E-state index contributed by atoms with van der Waals surface area (Å²) in [5.41, 5.74) is 0.666. The lowest BCUT2D eigenvalue weighted by molar-refractivity contribution is -0.117. The highest BCUT2D eigenvalue weighted by molar-refractivity contribution is 5.32. The SMILES string of the molecule is CCC(O)C1NCCC(O)(Cc2ccc(F)cc2)C1Oc1ccc(OCc2ccccc2)cc1. The average molecular weight is 466 g/mol. The van der Waals surface area contributed by atoms with Gasteiger partial charge in [-0.3, -0.25) is 0 Å². The van der Waals surface area contributed by atoms with E-state index in [4.69, 9.17) is 9.47 Å². The van der Waals surface area contributed by atoms with Gasteiger partial charge in [0.1, 0.15) is 35.6 Å². The Balaban J connectivity index is 1.50. The quantitative estimate of drug-likeness (QED) is 0.441. The van der Waals surface area contributed by atoms with Gasteiger partial charge in [-0.15, -0.1) is 0 Å². The zero-order chi connectivity index (χ0) is 24.0. The molecule has 34 heavy (non-hydrogen) atoms. The van der Waals surface area contributed by atoms with Crippen molar-refractivity contribution in [2.75, 3.05) is 6.54 Å². The van der Waals surface area contributed by atoms with E-state index >= 15 is 0 Å². The molecule has 1 aliphatic rings. The fourth-order valence-electron chi connectivity index (χ4n) is 4.46. The van der Waals surface area contributed by atoms with Gasteiger partial charge in [-0.25, -0.2) is 4.39 Å². The van der Waals surface area contributed by atoms with Gasteiger partial charge in [0.15, 0.2) is 0 Å². The molecule has 1 saturated heterocycles. The minimum Gasteiger partial charge on any atom is -0.489 e. The van der Waals surface area contributed by atoms with Crippen LogP contribution >= 0.6 is 0 Å². The first-order chi connectivity index (χ1) is 16.5. The normalized spacial score (nSPS) is 23.3. The Labute approximate surface area is 200 Å². The fourth-order valence-corrected chi connectivity index (χ4v) is 4.46. The minimum absolute atomic E-state index is 0.296. The number of benzene rings is 3. The van der Waals surface area contributed by atoms with Gasteiger partial charge in [0.05, 0.1) is 12.1 Å². The molecule has 3 aromatic carbocycles. The van der Waals surface area contributed by atoms with Gasteiger partial charge >= 0.3 is 0 Å². The molecule has 5 nitrogen and oxygen atoms in total. The number of ether oxygens (including phenoxy) is 2. The van der Waals surface area contributed by atoms with E-state index in [0.29, 0.717) is 43.9 Å². The molecular weight excluding hydrogens is 433 g/mol. The van der Waals surface area contributed by atoms with Gasteiger partial charge < -0.3 is 25.0 Å². The second kappa shape index (κ2) is 11.0. The summed E-state index contributed by atoms with van der Waals surface area (Å²) in [6.07, 6.45) is -0.113. The molecule has 0 spiro atoms. The number of aliphatic hydroxyl groups is 2. The lowest BCUT2D eigenvalue weighted by atomic mass is 9.78. The third-order valence-electron chi connectivity index (χ3n) is 6.39. The van der Waals surface area contributed by atoms with Crippen LogP contribution in [0.4, 0.5) is 4.39 Å². The largest absolute Gasteiger partial charge is 0.489 e. The Bertz CT molecular complexity index is 1030. The van der Waals surface area contributed by atoms with Crippen LogP contribution in [0.2, 0.25) is 0 Å². The van der Waals surface area contributed by atoms with Crippen molar-refractivity contribution in [1.82, 2.24) is 5.32 Å². The molecule has 6 heteroatoms. The highest BCUT2D eigenvalue weighted by atomic mass is 19.1. The number of piperidine rings is 1. The van der Waals surface area contributed by atoms with Crippen molar-refractivity contribution in [2.24, 2.45) is 0 Å². The Morgan fingerprint density at radius 1 is 0.971 bits per heavy atom. The first kappa shape index (κ1) is 24.2. The molecule has 1 aliphatic heterocycles. The molecule has 4 atom stereocenters. The van der Waals surface area contributed by atoms with E-state index in [-0.39, 0.29) is 5.82 Å². The highest BCUT2D eigenvalue weighted by Gasteiger charge is 2.48. The van der Waals surface area contributed by atoms with E-state index in [0.717, 1.165) is 11.1 Å². The summed E-state index contributed by atoms with van der Waals surface area (Å²) in [6, 6.07) is 22.9. The molecule has 0 saturated carbocycles. The van der Waals surface area contributed by atoms with Crippen molar-refractivity contribution in [3.05, 3.63) is 95.8 Å². The lowest BCUT2D eigenvalue weighted by Gasteiger charge is -2.46. The molecule has 0 aromatic heterocycles. The van der Waals surface area contributed by atoms with Crippen LogP contribution in [0.1, 0.15) is 30.9 Å². The zero-order valence-electron chi connectivity index (χ0n) is 19.4. The molecule has 0 amide bonds. The highest BCUT2D eigenvalue weighted by Crippen LogP contribution is 2.33. The molecule has 4 unspecified atom stereocenters. The maximum Gasteiger partial charge on any atom is 0.145 e. The number of halogens is 1. The van der Waals surface area contributed by atoms with Crippen LogP contribution < -0.4 is 14.8 Å². The Kier molecular flexibility index (Phi) is 7.83. The topological polar surface area (TPSA) is 71.0 Å². The van der Waals surface area contributed by atoms with E-state index in [9.17, 15) is 14.6 Å². The molecular formula is C28H32FNO4.